The Balaban J connectivity index is 2.12. The van der Waals surface area contributed by atoms with E-state index in [0.29, 0.717) is 11.7 Å². The van der Waals surface area contributed by atoms with E-state index in [1.807, 2.05) is 36.2 Å². The van der Waals surface area contributed by atoms with Gasteiger partial charge in [-0.15, -0.1) is 0 Å². The Hall–Kier alpha value is -1.79. The lowest BCUT2D eigenvalue weighted by atomic mass is 10.2. The number of anilines is 1. The third-order valence-corrected chi connectivity index (χ3v) is 4.22. The number of methoxy groups -OCH3 is 1. The van der Waals surface area contributed by atoms with E-state index in [9.17, 15) is 4.79 Å². The zero-order chi connectivity index (χ0) is 14.7. The van der Waals surface area contributed by atoms with Gasteiger partial charge in [-0.25, -0.2) is 9.78 Å². The van der Waals surface area contributed by atoms with Gasteiger partial charge in [0.2, 0.25) is 0 Å². The SMILES string of the molecule is COc1ccc(CN(C)c2nc(Cl)c(C(=O)O)s2)cc1. The van der Waals surface area contributed by atoms with Crippen molar-refractivity contribution in [3.63, 3.8) is 0 Å². The number of benzene rings is 1. The molecule has 0 bridgehead atoms. The molecule has 0 aliphatic heterocycles. The van der Waals surface area contributed by atoms with Crippen LogP contribution in [0.5, 0.6) is 5.75 Å². The number of halogens is 1. The molecule has 0 saturated carbocycles. The topological polar surface area (TPSA) is 62.7 Å². The molecule has 0 amide bonds. The van der Waals surface area contributed by atoms with Gasteiger partial charge in [0.1, 0.15) is 5.75 Å². The Morgan fingerprint density at radius 2 is 2.10 bits per heavy atom. The predicted molar refractivity (Wildman–Crippen MR) is 79.2 cm³/mol. The van der Waals surface area contributed by atoms with Crippen LogP contribution in [0.1, 0.15) is 15.2 Å². The van der Waals surface area contributed by atoms with Crippen LogP contribution in [0, 0.1) is 0 Å². The molecule has 0 saturated heterocycles. The van der Waals surface area contributed by atoms with Crippen LogP contribution in [0.3, 0.4) is 0 Å². The van der Waals surface area contributed by atoms with Gasteiger partial charge in [0, 0.05) is 13.6 Å². The van der Waals surface area contributed by atoms with Gasteiger partial charge in [-0.1, -0.05) is 35.1 Å². The number of hydrogen-bond donors (Lipinski definition) is 1. The van der Waals surface area contributed by atoms with E-state index < -0.39 is 5.97 Å². The van der Waals surface area contributed by atoms with Crippen LogP contribution >= 0.6 is 22.9 Å². The standard InChI is InChI=1S/C13H13ClN2O3S/c1-16(7-8-3-5-9(19-2)6-4-8)13-15-11(14)10(20-13)12(17)18/h3-6H,7H2,1-2H3,(H,17,18). The maximum Gasteiger partial charge on any atom is 0.349 e. The molecule has 0 spiro atoms. The van der Waals surface area contributed by atoms with Gasteiger partial charge >= 0.3 is 5.97 Å². The minimum Gasteiger partial charge on any atom is -0.497 e. The smallest absolute Gasteiger partial charge is 0.349 e. The van der Waals surface area contributed by atoms with Gasteiger partial charge in [0.05, 0.1) is 7.11 Å². The summed E-state index contributed by atoms with van der Waals surface area (Å²) in [6, 6.07) is 7.65. The molecular formula is C13H13ClN2O3S. The number of aromatic carboxylic acids is 1. The summed E-state index contributed by atoms with van der Waals surface area (Å²) in [6.07, 6.45) is 0. The molecule has 0 radical (unpaired) electrons. The lowest BCUT2D eigenvalue weighted by Crippen LogP contribution is -2.15. The third kappa shape index (κ3) is 3.20. The number of carboxylic acid groups (broad SMARTS) is 1. The van der Waals surface area contributed by atoms with Crippen molar-refractivity contribution in [2.75, 3.05) is 19.1 Å². The fourth-order valence-corrected chi connectivity index (χ4v) is 2.74. The Labute approximate surface area is 125 Å². The first-order chi connectivity index (χ1) is 9.51. The summed E-state index contributed by atoms with van der Waals surface area (Å²) in [6.45, 7) is 0.604. The normalized spacial score (nSPS) is 10.3. The summed E-state index contributed by atoms with van der Waals surface area (Å²) in [5.74, 6) is -0.265. The van der Waals surface area contributed by atoms with E-state index in [1.54, 1.807) is 7.11 Å². The summed E-state index contributed by atoms with van der Waals surface area (Å²) in [7, 11) is 3.46. The molecular weight excluding hydrogens is 300 g/mol. The van der Waals surface area contributed by atoms with Crippen molar-refractivity contribution in [2.24, 2.45) is 0 Å². The van der Waals surface area contributed by atoms with E-state index in [-0.39, 0.29) is 10.0 Å². The molecule has 106 valence electrons. The number of hydrogen-bond acceptors (Lipinski definition) is 5. The number of aromatic nitrogens is 1. The van der Waals surface area contributed by atoms with Gasteiger partial charge in [-0.3, -0.25) is 0 Å². The second kappa shape index (κ2) is 6.11. The van der Waals surface area contributed by atoms with Crippen molar-refractivity contribution >= 4 is 34.0 Å². The molecule has 2 rings (SSSR count). The fourth-order valence-electron chi connectivity index (χ4n) is 1.66. The van der Waals surface area contributed by atoms with Crippen LogP contribution in [-0.4, -0.2) is 30.2 Å². The maximum absolute atomic E-state index is 10.9. The maximum atomic E-state index is 10.9. The Morgan fingerprint density at radius 3 is 2.60 bits per heavy atom. The highest BCUT2D eigenvalue weighted by Gasteiger charge is 2.17. The molecule has 1 aromatic carbocycles. The van der Waals surface area contributed by atoms with Gasteiger partial charge in [0.25, 0.3) is 0 Å². The molecule has 1 aromatic heterocycles. The summed E-state index contributed by atoms with van der Waals surface area (Å²) >= 11 is 6.86. The Morgan fingerprint density at radius 1 is 1.45 bits per heavy atom. The van der Waals surface area contributed by atoms with Crippen LogP contribution in [0.4, 0.5) is 5.13 Å². The van der Waals surface area contributed by atoms with Crippen molar-refractivity contribution in [2.45, 2.75) is 6.54 Å². The number of thiazole rings is 1. The fraction of sp³-hybridized carbons (Fsp3) is 0.231. The predicted octanol–water partition coefficient (Wildman–Crippen LogP) is 3.14. The summed E-state index contributed by atoms with van der Waals surface area (Å²) in [4.78, 5) is 16.9. The molecule has 1 heterocycles. The minimum atomic E-state index is -1.06. The Bertz CT molecular complexity index is 613. The van der Waals surface area contributed by atoms with E-state index in [1.165, 1.54) is 0 Å². The number of carbonyl (C=O) groups is 1. The zero-order valence-electron chi connectivity index (χ0n) is 11.0. The van der Waals surface area contributed by atoms with Crippen molar-refractivity contribution in [3.05, 3.63) is 39.9 Å². The molecule has 5 nitrogen and oxygen atoms in total. The van der Waals surface area contributed by atoms with Gasteiger partial charge < -0.3 is 14.7 Å². The van der Waals surface area contributed by atoms with Crippen molar-refractivity contribution < 1.29 is 14.6 Å². The van der Waals surface area contributed by atoms with E-state index in [0.717, 1.165) is 22.6 Å². The molecule has 0 fully saturated rings. The molecule has 2 aromatic rings. The molecule has 7 heteroatoms. The van der Waals surface area contributed by atoms with Crippen LogP contribution in [0.25, 0.3) is 0 Å². The molecule has 1 N–H and O–H groups in total. The summed E-state index contributed by atoms with van der Waals surface area (Å²) in [5.41, 5.74) is 1.07. The van der Waals surface area contributed by atoms with Crippen molar-refractivity contribution in [1.29, 1.82) is 0 Å². The monoisotopic (exact) mass is 312 g/mol. The zero-order valence-corrected chi connectivity index (χ0v) is 12.5. The van der Waals surface area contributed by atoms with Crippen molar-refractivity contribution in [1.82, 2.24) is 4.98 Å². The summed E-state index contributed by atoms with van der Waals surface area (Å²) in [5, 5.41) is 9.56. The molecule has 0 aliphatic rings. The number of carboxylic acids is 1. The van der Waals surface area contributed by atoms with Gasteiger partial charge in [0.15, 0.2) is 15.2 Å². The lowest BCUT2D eigenvalue weighted by molar-refractivity contribution is 0.0702. The van der Waals surface area contributed by atoms with Crippen LogP contribution < -0.4 is 9.64 Å². The minimum absolute atomic E-state index is 0.0269. The van der Waals surface area contributed by atoms with E-state index in [2.05, 4.69) is 4.98 Å². The molecule has 0 aliphatic carbocycles. The number of ether oxygens (including phenoxy) is 1. The number of rotatable bonds is 5. The second-order valence-electron chi connectivity index (χ2n) is 4.13. The van der Waals surface area contributed by atoms with E-state index >= 15 is 0 Å². The highest BCUT2D eigenvalue weighted by molar-refractivity contribution is 7.18. The highest BCUT2D eigenvalue weighted by Crippen LogP contribution is 2.29. The summed E-state index contributed by atoms with van der Waals surface area (Å²) < 4.78 is 5.10. The average Bonchev–Trinajstić information content (AvgIpc) is 2.82. The average molecular weight is 313 g/mol. The third-order valence-electron chi connectivity index (χ3n) is 2.67. The Kier molecular flexibility index (Phi) is 4.46. The second-order valence-corrected chi connectivity index (χ2v) is 5.46. The lowest BCUT2D eigenvalue weighted by Gasteiger charge is -2.15. The van der Waals surface area contributed by atoms with Gasteiger partial charge in [-0.2, -0.15) is 0 Å². The van der Waals surface area contributed by atoms with Gasteiger partial charge in [-0.05, 0) is 17.7 Å². The molecule has 0 unspecified atom stereocenters. The molecule has 0 atom stereocenters. The quantitative estimate of drug-likeness (QED) is 0.919. The number of nitrogens with zero attached hydrogens (tertiary/aromatic N) is 2. The van der Waals surface area contributed by atoms with Crippen LogP contribution in [0.2, 0.25) is 5.15 Å². The van der Waals surface area contributed by atoms with Crippen molar-refractivity contribution in [3.8, 4) is 5.75 Å². The van der Waals surface area contributed by atoms with E-state index in [4.69, 9.17) is 21.4 Å². The first kappa shape index (κ1) is 14.6. The highest BCUT2D eigenvalue weighted by atomic mass is 35.5. The largest absolute Gasteiger partial charge is 0.497 e. The van der Waals surface area contributed by atoms with Crippen LogP contribution in [0.15, 0.2) is 24.3 Å². The first-order valence-corrected chi connectivity index (χ1v) is 6.94. The van der Waals surface area contributed by atoms with Crippen LogP contribution in [-0.2, 0) is 6.54 Å². The first-order valence-electron chi connectivity index (χ1n) is 5.75. The molecule has 20 heavy (non-hydrogen) atoms.